The van der Waals surface area contributed by atoms with E-state index in [1.807, 2.05) is 0 Å². The summed E-state index contributed by atoms with van der Waals surface area (Å²) >= 11 is 0. The number of unbranched alkanes of at least 4 members (excludes halogenated alkanes) is 1. The first-order chi connectivity index (χ1) is 8.70. The molecule has 1 atom stereocenters. The van der Waals surface area contributed by atoms with E-state index in [4.69, 9.17) is 9.84 Å². The summed E-state index contributed by atoms with van der Waals surface area (Å²) in [5, 5.41) is 8.70. The number of amides is 1. The normalized spacial score (nSPS) is 19.7. The molecule has 0 saturated carbocycles. The van der Waals surface area contributed by atoms with Crippen molar-refractivity contribution in [2.75, 3.05) is 19.8 Å². The van der Waals surface area contributed by atoms with Crippen LogP contribution in [0.3, 0.4) is 0 Å². The van der Waals surface area contributed by atoms with Crippen LogP contribution < -0.4 is 0 Å². The van der Waals surface area contributed by atoms with Crippen molar-refractivity contribution in [1.82, 2.24) is 4.90 Å². The highest BCUT2D eigenvalue weighted by Gasteiger charge is 2.32. The summed E-state index contributed by atoms with van der Waals surface area (Å²) in [6.45, 7) is 2.87. The fourth-order valence-electron chi connectivity index (χ4n) is 2.25. The summed E-state index contributed by atoms with van der Waals surface area (Å²) in [5.74, 6) is -0.283. The van der Waals surface area contributed by atoms with Crippen LogP contribution in [0.1, 0.15) is 45.4 Å². The van der Waals surface area contributed by atoms with E-state index in [9.17, 15) is 9.59 Å². The third-order valence-electron chi connectivity index (χ3n) is 3.18. The largest absolute Gasteiger partial charge is 0.464 e. The maximum Gasteiger partial charge on any atom is 0.328 e. The van der Waals surface area contributed by atoms with Gasteiger partial charge in [0.1, 0.15) is 6.04 Å². The minimum atomic E-state index is -0.402. The summed E-state index contributed by atoms with van der Waals surface area (Å²) in [7, 11) is 0. The topological polar surface area (TPSA) is 66.8 Å². The van der Waals surface area contributed by atoms with Crippen molar-refractivity contribution in [2.45, 2.75) is 51.5 Å². The number of hydrogen-bond donors (Lipinski definition) is 1. The number of esters is 1. The van der Waals surface area contributed by atoms with Gasteiger partial charge in [0.2, 0.25) is 5.91 Å². The summed E-state index contributed by atoms with van der Waals surface area (Å²) in [4.78, 5) is 25.5. The van der Waals surface area contributed by atoms with Crippen molar-refractivity contribution in [1.29, 1.82) is 0 Å². The number of nitrogens with zero attached hydrogens (tertiary/aromatic N) is 1. The number of aliphatic hydroxyl groups excluding tert-OH is 1. The fraction of sp³-hybridized carbons (Fsp3) is 0.846. The Hall–Kier alpha value is -1.10. The molecule has 5 heteroatoms. The Morgan fingerprint density at radius 2 is 2.11 bits per heavy atom. The Balaban J connectivity index is 2.52. The van der Waals surface area contributed by atoms with Crippen LogP contribution in [0.5, 0.6) is 0 Å². The molecule has 1 rings (SSSR count). The van der Waals surface area contributed by atoms with Gasteiger partial charge in [-0.3, -0.25) is 4.79 Å². The molecule has 0 aromatic heterocycles. The molecule has 1 N–H and O–H groups in total. The lowest BCUT2D eigenvalue weighted by atomic mass is 10.0. The van der Waals surface area contributed by atoms with E-state index in [-0.39, 0.29) is 18.5 Å². The molecule has 0 spiro atoms. The van der Waals surface area contributed by atoms with Crippen molar-refractivity contribution in [2.24, 2.45) is 0 Å². The Labute approximate surface area is 108 Å². The number of likely N-dealkylation sites (tertiary alicyclic amines) is 1. The van der Waals surface area contributed by atoms with E-state index in [1.54, 1.807) is 11.8 Å². The van der Waals surface area contributed by atoms with Crippen LogP contribution in [0.15, 0.2) is 0 Å². The van der Waals surface area contributed by atoms with Crippen molar-refractivity contribution >= 4 is 11.9 Å². The maximum atomic E-state index is 12.0. The zero-order valence-electron chi connectivity index (χ0n) is 11.1. The van der Waals surface area contributed by atoms with Gasteiger partial charge in [-0.15, -0.1) is 0 Å². The molecular formula is C13H23NO4. The predicted molar refractivity (Wildman–Crippen MR) is 66.9 cm³/mol. The smallest absolute Gasteiger partial charge is 0.328 e. The van der Waals surface area contributed by atoms with E-state index in [2.05, 4.69) is 0 Å². The molecule has 1 heterocycles. The summed E-state index contributed by atoms with van der Waals surface area (Å²) in [6, 6.07) is -0.402. The van der Waals surface area contributed by atoms with Gasteiger partial charge in [0.05, 0.1) is 6.61 Å². The zero-order chi connectivity index (χ0) is 13.4. The van der Waals surface area contributed by atoms with E-state index in [0.717, 1.165) is 12.8 Å². The Morgan fingerprint density at radius 1 is 1.33 bits per heavy atom. The lowest BCUT2D eigenvalue weighted by molar-refractivity contribution is -0.156. The predicted octanol–water partition coefficient (Wildman–Crippen LogP) is 1.09. The minimum Gasteiger partial charge on any atom is -0.464 e. The number of ether oxygens (including phenoxy) is 1. The SMILES string of the molecule is CCOC(=O)C1CCCCN1C(=O)CCCCO. The van der Waals surface area contributed by atoms with Gasteiger partial charge in [-0.1, -0.05) is 0 Å². The zero-order valence-corrected chi connectivity index (χ0v) is 11.1. The summed E-state index contributed by atoms with van der Waals surface area (Å²) in [5.41, 5.74) is 0. The molecule has 1 fully saturated rings. The van der Waals surface area contributed by atoms with Crippen LogP contribution >= 0.6 is 0 Å². The molecule has 1 saturated heterocycles. The van der Waals surface area contributed by atoms with Crippen LogP contribution in [-0.4, -0.2) is 47.7 Å². The number of rotatable bonds is 6. The highest BCUT2D eigenvalue weighted by Crippen LogP contribution is 2.19. The van der Waals surface area contributed by atoms with Crippen molar-refractivity contribution in [3.05, 3.63) is 0 Å². The van der Waals surface area contributed by atoms with Crippen LogP contribution in [-0.2, 0) is 14.3 Å². The number of hydrogen-bond acceptors (Lipinski definition) is 4. The van der Waals surface area contributed by atoms with E-state index >= 15 is 0 Å². The molecule has 104 valence electrons. The standard InChI is InChI=1S/C13H23NO4/c1-2-18-13(17)11-7-3-5-9-14(11)12(16)8-4-6-10-15/h11,15H,2-10H2,1H3. The second-order valence-corrected chi connectivity index (χ2v) is 4.53. The maximum absolute atomic E-state index is 12.0. The lowest BCUT2D eigenvalue weighted by Gasteiger charge is -2.34. The van der Waals surface area contributed by atoms with Crippen LogP contribution in [0.25, 0.3) is 0 Å². The molecule has 1 aliphatic heterocycles. The monoisotopic (exact) mass is 257 g/mol. The third-order valence-corrected chi connectivity index (χ3v) is 3.18. The molecule has 0 aliphatic carbocycles. The average molecular weight is 257 g/mol. The van der Waals surface area contributed by atoms with Crippen LogP contribution in [0.4, 0.5) is 0 Å². The quantitative estimate of drug-likeness (QED) is 0.571. The number of carbonyl (C=O) groups is 2. The van der Waals surface area contributed by atoms with Crippen LogP contribution in [0, 0.1) is 0 Å². The highest BCUT2D eigenvalue weighted by molar-refractivity contribution is 5.84. The van der Waals surface area contributed by atoms with Gasteiger partial charge in [0.25, 0.3) is 0 Å². The van der Waals surface area contributed by atoms with Gasteiger partial charge in [-0.05, 0) is 39.0 Å². The molecule has 0 aromatic rings. The number of aliphatic hydroxyl groups is 1. The van der Waals surface area contributed by atoms with E-state index in [0.29, 0.717) is 38.8 Å². The Kier molecular flexibility index (Phi) is 6.72. The van der Waals surface area contributed by atoms with Crippen molar-refractivity contribution in [3.63, 3.8) is 0 Å². The molecule has 18 heavy (non-hydrogen) atoms. The Morgan fingerprint density at radius 3 is 2.78 bits per heavy atom. The second-order valence-electron chi connectivity index (χ2n) is 4.53. The average Bonchev–Trinajstić information content (AvgIpc) is 2.39. The molecule has 0 radical (unpaired) electrons. The third kappa shape index (κ3) is 4.29. The van der Waals surface area contributed by atoms with Crippen molar-refractivity contribution in [3.8, 4) is 0 Å². The number of carbonyl (C=O) groups excluding carboxylic acids is 2. The first kappa shape index (κ1) is 15.0. The van der Waals surface area contributed by atoms with Gasteiger partial charge in [0.15, 0.2) is 0 Å². The summed E-state index contributed by atoms with van der Waals surface area (Å²) < 4.78 is 5.01. The fourth-order valence-corrected chi connectivity index (χ4v) is 2.25. The van der Waals surface area contributed by atoms with Crippen LogP contribution in [0.2, 0.25) is 0 Å². The molecule has 1 unspecified atom stereocenters. The van der Waals surface area contributed by atoms with Gasteiger partial charge in [0, 0.05) is 19.6 Å². The van der Waals surface area contributed by atoms with Gasteiger partial charge >= 0.3 is 5.97 Å². The molecule has 1 aliphatic rings. The number of piperidine rings is 1. The van der Waals surface area contributed by atoms with E-state index < -0.39 is 6.04 Å². The van der Waals surface area contributed by atoms with Gasteiger partial charge in [-0.25, -0.2) is 4.79 Å². The minimum absolute atomic E-state index is 0.00111. The molecular weight excluding hydrogens is 234 g/mol. The van der Waals surface area contributed by atoms with Gasteiger partial charge < -0.3 is 14.7 Å². The lowest BCUT2D eigenvalue weighted by Crippen LogP contribution is -2.48. The summed E-state index contributed by atoms with van der Waals surface area (Å²) in [6.07, 6.45) is 4.30. The van der Waals surface area contributed by atoms with Gasteiger partial charge in [-0.2, -0.15) is 0 Å². The molecule has 0 aromatic carbocycles. The van der Waals surface area contributed by atoms with Crippen molar-refractivity contribution < 1.29 is 19.4 Å². The molecule has 0 bridgehead atoms. The molecule has 1 amide bonds. The Bertz CT molecular complexity index is 280. The second kappa shape index (κ2) is 8.08. The van der Waals surface area contributed by atoms with E-state index in [1.165, 1.54) is 0 Å². The first-order valence-electron chi connectivity index (χ1n) is 6.77. The molecule has 5 nitrogen and oxygen atoms in total. The highest BCUT2D eigenvalue weighted by atomic mass is 16.5. The first-order valence-corrected chi connectivity index (χ1v) is 6.77.